The van der Waals surface area contributed by atoms with E-state index in [4.69, 9.17) is 23.2 Å². The number of fused-ring (bicyclic) bond motifs is 1. The van der Waals surface area contributed by atoms with E-state index in [0.29, 0.717) is 29.8 Å². The number of halogens is 3. The normalized spacial score (nSPS) is 15.9. The van der Waals surface area contributed by atoms with E-state index in [9.17, 15) is 12.8 Å². The van der Waals surface area contributed by atoms with Gasteiger partial charge < -0.3 is 4.90 Å². The second kappa shape index (κ2) is 7.44. The number of anilines is 1. The smallest absolute Gasteiger partial charge is 0.246 e. The molecule has 2 heterocycles. The summed E-state index contributed by atoms with van der Waals surface area (Å²) in [6, 6.07) is 8.92. The minimum atomic E-state index is -3.83. The average molecular weight is 441 g/mol. The third kappa shape index (κ3) is 3.41. The maximum absolute atomic E-state index is 13.7. The highest BCUT2D eigenvalue weighted by Gasteiger charge is 2.32. The molecule has 0 amide bonds. The highest BCUT2D eigenvalue weighted by atomic mass is 35.5. The molecule has 0 saturated carbocycles. The molecule has 0 atom stereocenters. The largest absolute Gasteiger partial charge is 0.353 e. The van der Waals surface area contributed by atoms with Crippen LogP contribution in [0.1, 0.15) is 0 Å². The lowest BCUT2D eigenvalue weighted by atomic mass is 10.2. The zero-order chi connectivity index (χ0) is 19.9. The molecule has 2 aromatic carbocycles. The van der Waals surface area contributed by atoms with Gasteiger partial charge in [-0.2, -0.15) is 4.31 Å². The summed E-state index contributed by atoms with van der Waals surface area (Å²) in [6.45, 7) is 1.24. The molecule has 1 aliphatic heterocycles. The van der Waals surface area contributed by atoms with Gasteiger partial charge in [0.15, 0.2) is 0 Å². The highest BCUT2D eigenvalue weighted by molar-refractivity contribution is 7.89. The molecular weight excluding hydrogens is 426 g/mol. The lowest BCUT2D eigenvalue weighted by molar-refractivity contribution is 0.384. The molecule has 4 rings (SSSR count). The molecule has 0 N–H and O–H groups in total. The van der Waals surface area contributed by atoms with Crippen LogP contribution < -0.4 is 4.90 Å². The zero-order valence-electron chi connectivity index (χ0n) is 14.5. The molecule has 0 unspecified atom stereocenters. The van der Waals surface area contributed by atoms with Crippen molar-refractivity contribution in [2.75, 3.05) is 31.1 Å². The van der Waals surface area contributed by atoms with Crippen LogP contribution in [0.5, 0.6) is 0 Å². The van der Waals surface area contributed by atoms with Gasteiger partial charge in [-0.05, 0) is 30.3 Å². The van der Waals surface area contributed by atoms with Gasteiger partial charge in [0.1, 0.15) is 22.9 Å². The summed E-state index contributed by atoms with van der Waals surface area (Å²) < 4.78 is 41.0. The van der Waals surface area contributed by atoms with E-state index >= 15 is 0 Å². The van der Waals surface area contributed by atoms with Crippen molar-refractivity contribution in [3.63, 3.8) is 0 Å². The predicted molar refractivity (Wildman–Crippen MR) is 107 cm³/mol. The van der Waals surface area contributed by atoms with E-state index in [1.165, 1.54) is 34.9 Å². The Balaban J connectivity index is 1.60. The minimum absolute atomic E-state index is 0.0821. The van der Waals surface area contributed by atoms with Crippen molar-refractivity contribution in [3.05, 3.63) is 58.6 Å². The van der Waals surface area contributed by atoms with Gasteiger partial charge in [-0.25, -0.2) is 22.8 Å². The van der Waals surface area contributed by atoms with Crippen molar-refractivity contribution < 1.29 is 12.8 Å². The van der Waals surface area contributed by atoms with E-state index in [2.05, 4.69) is 9.97 Å². The summed E-state index contributed by atoms with van der Waals surface area (Å²) in [5.74, 6) is 0.204. The molecule has 1 fully saturated rings. The van der Waals surface area contributed by atoms with Gasteiger partial charge >= 0.3 is 0 Å². The van der Waals surface area contributed by atoms with E-state index in [1.54, 1.807) is 12.1 Å². The average Bonchev–Trinajstić information content (AvgIpc) is 2.67. The Morgan fingerprint density at radius 2 is 1.64 bits per heavy atom. The summed E-state index contributed by atoms with van der Waals surface area (Å²) in [5, 5.41) is 0.771. The van der Waals surface area contributed by atoms with Crippen LogP contribution in [0.3, 0.4) is 0 Å². The molecule has 1 aliphatic rings. The number of hydrogen-bond donors (Lipinski definition) is 0. The number of benzene rings is 2. The highest BCUT2D eigenvalue weighted by Crippen LogP contribution is 2.32. The molecule has 1 aromatic heterocycles. The molecule has 10 heteroatoms. The molecule has 28 heavy (non-hydrogen) atoms. The summed E-state index contributed by atoms with van der Waals surface area (Å²) in [7, 11) is -3.83. The monoisotopic (exact) mass is 440 g/mol. The maximum Gasteiger partial charge on any atom is 0.246 e. The number of rotatable bonds is 3. The van der Waals surface area contributed by atoms with Gasteiger partial charge in [-0.15, -0.1) is 0 Å². The summed E-state index contributed by atoms with van der Waals surface area (Å²) in [5.41, 5.74) is 0.629. The zero-order valence-corrected chi connectivity index (χ0v) is 16.8. The molecule has 6 nitrogen and oxygen atoms in total. The van der Waals surface area contributed by atoms with Gasteiger partial charge in [0.05, 0.1) is 15.6 Å². The van der Waals surface area contributed by atoms with Crippen molar-refractivity contribution in [3.8, 4) is 0 Å². The standard InChI is InChI=1S/C18H15Cl2FN4O2S/c19-14-2-1-3-15(20)17(14)28(26,27)25-8-6-24(7-9-25)18-13-10-12(21)4-5-16(13)22-11-23-18/h1-5,10-11H,6-9H2. The van der Waals surface area contributed by atoms with Crippen molar-refractivity contribution in [1.29, 1.82) is 0 Å². The van der Waals surface area contributed by atoms with Crippen LogP contribution in [0.25, 0.3) is 10.9 Å². The van der Waals surface area contributed by atoms with Crippen molar-refractivity contribution in [1.82, 2.24) is 14.3 Å². The SMILES string of the molecule is O=S(=O)(c1c(Cl)cccc1Cl)N1CCN(c2ncnc3ccc(F)cc23)CC1. The second-order valence-electron chi connectivity index (χ2n) is 6.30. The first-order valence-electron chi connectivity index (χ1n) is 8.47. The molecule has 1 saturated heterocycles. The quantitative estimate of drug-likeness (QED) is 0.622. The first kappa shape index (κ1) is 19.3. The summed E-state index contributed by atoms with van der Waals surface area (Å²) in [4.78, 5) is 10.3. The fourth-order valence-corrected chi connectivity index (χ4v) is 5.78. The fraction of sp³-hybridized carbons (Fsp3) is 0.222. The van der Waals surface area contributed by atoms with Gasteiger partial charge in [-0.1, -0.05) is 29.3 Å². The van der Waals surface area contributed by atoms with Gasteiger partial charge in [0.25, 0.3) is 0 Å². The molecule has 3 aromatic rings. The Labute approximate surface area is 171 Å². The molecule has 0 aliphatic carbocycles. The predicted octanol–water partition coefficient (Wildman–Crippen LogP) is 3.59. The van der Waals surface area contributed by atoms with Gasteiger partial charge in [-0.3, -0.25) is 0 Å². The van der Waals surface area contributed by atoms with Crippen LogP contribution in [-0.4, -0.2) is 48.9 Å². The number of nitrogens with zero attached hydrogens (tertiary/aromatic N) is 4. The summed E-state index contributed by atoms with van der Waals surface area (Å²) in [6.07, 6.45) is 1.42. The van der Waals surface area contributed by atoms with E-state index in [0.717, 1.165) is 0 Å². The van der Waals surface area contributed by atoms with Crippen LogP contribution in [0.4, 0.5) is 10.2 Å². The minimum Gasteiger partial charge on any atom is -0.353 e. The summed E-state index contributed by atoms with van der Waals surface area (Å²) >= 11 is 12.2. The maximum atomic E-state index is 13.7. The third-order valence-corrected chi connectivity index (χ3v) is 7.49. The van der Waals surface area contributed by atoms with Crippen LogP contribution in [0.15, 0.2) is 47.6 Å². The number of hydrogen-bond acceptors (Lipinski definition) is 5. The Bertz CT molecular complexity index is 1130. The lowest BCUT2D eigenvalue weighted by Crippen LogP contribution is -2.49. The van der Waals surface area contributed by atoms with Crippen molar-refractivity contribution >= 4 is 49.9 Å². The molecule has 0 radical (unpaired) electrons. The third-order valence-electron chi connectivity index (χ3n) is 4.63. The molecule has 0 spiro atoms. The molecule has 0 bridgehead atoms. The fourth-order valence-electron chi connectivity index (χ4n) is 3.27. The topological polar surface area (TPSA) is 66.4 Å². The van der Waals surface area contributed by atoms with E-state index in [-0.39, 0.29) is 33.8 Å². The van der Waals surface area contributed by atoms with E-state index in [1.807, 2.05) is 4.90 Å². The van der Waals surface area contributed by atoms with Crippen molar-refractivity contribution in [2.45, 2.75) is 4.90 Å². The number of aromatic nitrogens is 2. The van der Waals surface area contributed by atoms with Gasteiger partial charge in [0, 0.05) is 31.6 Å². The van der Waals surface area contributed by atoms with E-state index < -0.39 is 10.0 Å². The van der Waals surface area contributed by atoms with Crippen LogP contribution in [-0.2, 0) is 10.0 Å². The number of sulfonamides is 1. The Kier molecular flexibility index (Phi) is 5.13. The Morgan fingerprint density at radius 3 is 2.32 bits per heavy atom. The lowest BCUT2D eigenvalue weighted by Gasteiger charge is -2.35. The number of piperazine rings is 1. The molecule has 146 valence electrons. The first-order chi connectivity index (χ1) is 13.4. The molecular formula is C18H15Cl2FN4O2S. The first-order valence-corrected chi connectivity index (χ1v) is 10.7. The van der Waals surface area contributed by atoms with Crippen LogP contribution in [0.2, 0.25) is 10.0 Å². The second-order valence-corrected chi connectivity index (χ2v) is 8.99. The van der Waals surface area contributed by atoms with Crippen LogP contribution in [0, 0.1) is 5.82 Å². The van der Waals surface area contributed by atoms with Gasteiger partial charge in [0.2, 0.25) is 10.0 Å². The Morgan fingerprint density at radius 1 is 0.964 bits per heavy atom. The van der Waals surface area contributed by atoms with Crippen LogP contribution >= 0.6 is 23.2 Å². The Hall–Kier alpha value is -2.00. The van der Waals surface area contributed by atoms with Crippen molar-refractivity contribution in [2.24, 2.45) is 0 Å².